The Balaban J connectivity index is 1.63. The first kappa shape index (κ1) is 13.7. The molecular weight excluding hydrogens is 344 g/mol. The number of carbonyl (C=O) groups is 2. The summed E-state index contributed by atoms with van der Waals surface area (Å²) in [6, 6.07) is 7.81. The molecule has 0 fully saturated rings. The van der Waals surface area contributed by atoms with Crippen molar-refractivity contribution in [2.75, 3.05) is 13.4 Å². The van der Waals surface area contributed by atoms with E-state index in [2.05, 4.69) is 15.9 Å². The smallest absolute Gasteiger partial charge is 0.374 e. The number of ketones is 1. The molecule has 0 spiro atoms. The zero-order chi connectivity index (χ0) is 14.8. The first-order chi connectivity index (χ1) is 10.1. The van der Waals surface area contributed by atoms with Gasteiger partial charge in [0.1, 0.15) is 0 Å². The van der Waals surface area contributed by atoms with Gasteiger partial charge in [0.05, 0.1) is 0 Å². The SMILES string of the molecule is O=C(COC(=O)c1ccc(Br)o1)c1ccc2c(c1)OCO2. The maximum atomic E-state index is 12.0. The van der Waals surface area contributed by atoms with Crippen molar-refractivity contribution in [1.29, 1.82) is 0 Å². The predicted molar refractivity (Wildman–Crippen MR) is 73.6 cm³/mol. The van der Waals surface area contributed by atoms with Crippen LogP contribution >= 0.6 is 15.9 Å². The Hall–Kier alpha value is -2.28. The van der Waals surface area contributed by atoms with E-state index < -0.39 is 5.97 Å². The van der Waals surface area contributed by atoms with Gasteiger partial charge in [-0.3, -0.25) is 4.79 Å². The van der Waals surface area contributed by atoms with E-state index in [0.29, 0.717) is 21.7 Å². The van der Waals surface area contributed by atoms with Crippen LogP contribution in [-0.2, 0) is 4.74 Å². The van der Waals surface area contributed by atoms with Gasteiger partial charge < -0.3 is 18.6 Å². The predicted octanol–water partition coefficient (Wildman–Crippen LogP) is 2.81. The van der Waals surface area contributed by atoms with Gasteiger partial charge >= 0.3 is 5.97 Å². The Morgan fingerprint density at radius 1 is 1.14 bits per heavy atom. The number of Topliss-reactive ketones (excluding diaryl/α,β-unsaturated/α-hetero) is 1. The molecule has 1 aromatic heterocycles. The molecule has 0 amide bonds. The fourth-order valence-corrected chi connectivity index (χ4v) is 2.09. The van der Waals surface area contributed by atoms with Crippen LogP contribution in [-0.4, -0.2) is 25.2 Å². The van der Waals surface area contributed by atoms with Crippen molar-refractivity contribution in [2.45, 2.75) is 0 Å². The van der Waals surface area contributed by atoms with Gasteiger partial charge in [-0.2, -0.15) is 0 Å². The van der Waals surface area contributed by atoms with Crippen molar-refractivity contribution in [3.05, 3.63) is 46.3 Å². The van der Waals surface area contributed by atoms with Crippen molar-refractivity contribution in [1.82, 2.24) is 0 Å². The van der Waals surface area contributed by atoms with Crippen molar-refractivity contribution in [3.63, 3.8) is 0 Å². The Morgan fingerprint density at radius 3 is 2.71 bits per heavy atom. The number of ether oxygens (including phenoxy) is 3. The van der Waals surface area contributed by atoms with E-state index >= 15 is 0 Å². The van der Waals surface area contributed by atoms with E-state index in [0.717, 1.165) is 0 Å². The first-order valence-electron chi connectivity index (χ1n) is 5.99. The van der Waals surface area contributed by atoms with E-state index in [1.807, 2.05) is 0 Å². The maximum Gasteiger partial charge on any atom is 0.374 e. The largest absolute Gasteiger partial charge is 0.454 e. The van der Waals surface area contributed by atoms with Crippen LogP contribution in [0.1, 0.15) is 20.9 Å². The summed E-state index contributed by atoms with van der Waals surface area (Å²) in [7, 11) is 0. The highest BCUT2D eigenvalue weighted by atomic mass is 79.9. The topological polar surface area (TPSA) is 75.0 Å². The standard InChI is InChI=1S/C14H9BrO6/c15-13-4-3-11(21-13)14(17)18-6-9(16)8-1-2-10-12(5-8)20-7-19-10/h1-5H,6-7H2. The summed E-state index contributed by atoms with van der Waals surface area (Å²) in [4.78, 5) is 23.6. The lowest BCUT2D eigenvalue weighted by Crippen LogP contribution is -2.13. The highest BCUT2D eigenvalue weighted by molar-refractivity contribution is 9.10. The highest BCUT2D eigenvalue weighted by Gasteiger charge is 2.18. The summed E-state index contributed by atoms with van der Waals surface area (Å²) in [5.74, 6) is 0.0774. The summed E-state index contributed by atoms with van der Waals surface area (Å²) in [6.07, 6.45) is 0. The lowest BCUT2D eigenvalue weighted by Gasteiger charge is -2.03. The maximum absolute atomic E-state index is 12.0. The molecule has 108 valence electrons. The third kappa shape index (κ3) is 2.92. The number of furan rings is 1. The molecule has 1 aromatic carbocycles. The van der Waals surface area contributed by atoms with E-state index in [1.165, 1.54) is 6.07 Å². The number of hydrogen-bond donors (Lipinski definition) is 0. The van der Waals surface area contributed by atoms with Crippen molar-refractivity contribution in [2.24, 2.45) is 0 Å². The number of esters is 1. The van der Waals surface area contributed by atoms with Gasteiger partial charge in [0, 0.05) is 5.56 Å². The molecule has 0 aliphatic carbocycles. The second kappa shape index (κ2) is 5.61. The zero-order valence-corrected chi connectivity index (χ0v) is 12.2. The lowest BCUT2D eigenvalue weighted by molar-refractivity contribution is 0.0442. The molecule has 0 bridgehead atoms. The molecule has 7 heteroatoms. The van der Waals surface area contributed by atoms with Gasteiger partial charge in [0.15, 0.2) is 28.6 Å². The number of carbonyl (C=O) groups excluding carboxylic acids is 2. The summed E-state index contributed by atoms with van der Waals surface area (Å²) in [6.45, 7) is -0.244. The fraction of sp³-hybridized carbons (Fsp3) is 0.143. The minimum Gasteiger partial charge on any atom is -0.454 e. The van der Waals surface area contributed by atoms with Crippen molar-refractivity contribution < 1.29 is 28.2 Å². The van der Waals surface area contributed by atoms with E-state index in [9.17, 15) is 9.59 Å². The summed E-state index contributed by atoms with van der Waals surface area (Å²) >= 11 is 3.08. The van der Waals surface area contributed by atoms with Crippen LogP contribution < -0.4 is 9.47 Å². The molecule has 21 heavy (non-hydrogen) atoms. The summed E-state index contributed by atoms with van der Waals surface area (Å²) in [5, 5.41) is 0. The molecule has 0 unspecified atom stereocenters. The number of benzene rings is 1. The summed E-state index contributed by atoms with van der Waals surface area (Å²) in [5.41, 5.74) is 0.382. The average molecular weight is 353 g/mol. The quantitative estimate of drug-likeness (QED) is 0.622. The number of fused-ring (bicyclic) bond motifs is 1. The van der Waals surface area contributed by atoms with Crippen molar-refractivity contribution >= 4 is 27.7 Å². The number of hydrogen-bond acceptors (Lipinski definition) is 6. The number of halogens is 1. The Kier molecular flexibility index (Phi) is 3.66. The monoisotopic (exact) mass is 352 g/mol. The molecule has 0 N–H and O–H groups in total. The zero-order valence-electron chi connectivity index (χ0n) is 10.6. The molecule has 0 radical (unpaired) electrons. The van der Waals surface area contributed by atoms with Crippen molar-refractivity contribution in [3.8, 4) is 11.5 Å². The van der Waals surface area contributed by atoms with Crippen LogP contribution in [0.2, 0.25) is 0 Å². The molecule has 2 heterocycles. The molecule has 0 atom stereocenters. The second-order valence-electron chi connectivity index (χ2n) is 4.17. The minimum atomic E-state index is -0.699. The molecule has 6 nitrogen and oxygen atoms in total. The molecule has 0 saturated heterocycles. The molecular formula is C14H9BrO6. The summed E-state index contributed by atoms with van der Waals surface area (Å²) < 4.78 is 20.7. The van der Waals surface area contributed by atoms with Crippen LogP contribution in [0.5, 0.6) is 11.5 Å². The molecule has 2 aromatic rings. The fourth-order valence-electron chi connectivity index (χ4n) is 1.78. The minimum absolute atomic E-state index is 0.0281. The van der Waals surface area contributed by atoms with Gasteiger partial charge in [-0.15, -0.1) is 0 Å². The highest BCUT2D eigenvalue weighted by Crippen LogP contribution is 2.32. The first-order valence-corrected chi connectivity index (χ1v) is 6.78. The van der Waals surface area contributed by atoms with Crippen LogP contribution in [0.3, 0.4) is 0 Å². The Labute approximate surface area is 127 Å². The van der Waals surface area contributed by atoms with Gasteiger partial charge in [-0.05, 0) is 46.3 Å². The second-order valence-corrected chi connectivity index (χ2v) is 4.95. The molecule has 0 saturated carbocycles. The normalized spacial score (nSPS) is 12.2. The van der Waals surface area contributed by atoms with Crippen LogP contribution in [0.25, 0.3) is 0 Å². The van der Waals surface area contributed by atoms with Crippen LogP contribution in [0.15, 0.2) is 39.4 Å². The van der Waals surface area contributed by atoms with E-state index in [-0.39, 0.29) is 24.9 Å². The van der Waals surface area contributed by atoms with Gasteiger partial charge in [0.25, 0.3) is 0 Å². The Bertz CT molecular complexity index is 705. The Morgan fingerprint density at radius 2 is 1.95 bits per heavy atom. The van der Waals surface area contributed by atoms with E-state index in [4.69, 9.17) is 18.6 Å². The lowest BCUT2D eigenvalue weighted by atomic mass is 10.1. The molecule has 1 aliphatic rings. The number of rotatable bonds is 4. The third-order valence-corrected chi connectivity index (χ3v) is 3.23. The van der Waals surface area contributed by atoms with Crippen LogP contribution in [0, 0.1) is 0 Å². The average Bonchev–Trinajstić information content (AvgIpc) is 3.12. The van der Waals surface area contributed by atoms with E-state index in [1.54, 1.807) is 24.3 Å². The van der Waals surface area contributed by atoms with Gasteiger partial charge in [-0.25, -0.2) is 4.79 Å². The van der Waals surface area contributed by atoms with Gasteiger partial charge in [-0.1, -0.05) is 0 Å². The van der Waals surface area contributed by atoms with Gasteiger partial charge in [0.2, 0.25) is 12.6 Å². The third-order valence-electron chi connectivity index (χ3n) is 2.80. The molecule has 3 rings (SSSR count). The molecule has 1 aliphatic heterocycles. The van der Waals surface area contributed by atoms with Crippen LogP contribution in [0.4, 0.5) is 0 Å².